The summed E-state index contributed by atoms with van der Waals surface area (Å²) in [6, 6.07) is 35.8. The summed E-state index contributed by atoms with van der Waals surface area (Å²) in [7, 11) is 9.87. The van der Waals surface area contributed by atoms with E-state index in [2.05, 4.69) is 121 Å². The maximum absolute atomic E-state index is 4.93. The van der Waals surface area contributed by atoms with Gasteiger partial charge in [0.25, 0.3) is 0 Å². The van der Waals surface area contributed by atoms with Gasteiger partial charge in [-0.15, -0.1) is 12.8 Å². The van der Waals surface area contributed by atoms with Gasteiger partial charge >= 0.3 is 64.1 Å². The number of hydrogen-bond acceptors (Lipinski definition) is 0. The topological polar surface area (TPSA) is 0 Å². The Morgan fingerprint density at radius 2 is 0.702 bits per heavy atom. The fourth-order valence-electron chi connectivity index (χ4n) is 5.79. The average Bonchev–Trinajstić information content (AvgIpc) is 3.81. The summed E-state index contributed by atoms with van der Waals surface area (Å²) in [5, 5.41) is 0. The van der Waals surface area contributed by atoms with Crippen LogP contribution in [0.25, 0.3) is 22.3 Å². The summed E-state index contributed by atoms with van der Waals surface area (Å²) in [6.07, 6.45) is 20.0. The summed E-state index contributed by atoms with van der Waals surface area (Å²) in [4.78, 5) is 0. The fourth-order valence-corrected chi connectivity index (χ4v) is 5.79. The van der Waals surface area contributed by atoms with Crippen molar-refractivity contribution in [1.82, 2.24) is 0 Å². The summed E-state index contributed by atoms with van der Waals surface area (Å²) in [5.74, 6) is 0.763. The Kier molecular flexibility index (Phi) is 30.8. The van der Waals surface area contributed by atoms with Crippen LogP contribution in [0.2, 0.25) is 0 Å². The molecule has 0 aliphatic heterocycles. The van der Waals surface area contributed by atoms with E-state index in [4.69, 9.17) is 17.0 Å². The molecule has 47 heavy (non-hydrogen) atoms. The number of halogens is 4. The predicted molar refractivity (Wildman–Crippen MR) is 194 cm³/mol. The molecular formula is C41H43Cl4Zr2-7. The number of fused-ring (bicyclic) bond motifs is 6. The van der Waals surface area contributed by atoms with Gasteiger partial charge in [-0.25, -0.2) is 24.3 Å². The zero-order valence-electron chi connectivity index (χ0n) is 27.8. The standard InChI is InChI=1S/C26H18.2C5H5.5CH3.4ClH.2Zr/c1-5-13-21-17(9-1)18-10-2-6-14-22(18)25(21)26-23-15-7-3-11-19(23)20-12-4-8-16-24(20)26;2*1-2-4-5-3-1;;;;;;;;;;;/h1-16,25-26H;2*1-3H,4H2;5*1H3;4*1H;;/q;7*-1;;;;;2*+2/p-4. The first-order chi connectivity index (χ1) is 19.3. The molecule has 0 heterocycles. The third kappa shape index (κ3) is 12.6. The first-order valence-electron chi connectivity index (χ1n) is 13.1. The number of hydrogen-bond donors (Lipinski definition) is 0. The molecule has 0 atom stereocenters. The van der Waals surface area contributed by atoms with E-state index < -0.39 is 20.8 Å². The fraction of sp³-hybridized carbons (Fsp3) is 0.0976. The Morgan fingerprint density at radius 1 is 0.468 bits per heavy atom. The van der Waals surface area contributed by atoms with Gasteiger partial charge < -0.3 is 61.9 Å². The minimum atomic E-state index is -0.826. The molecule has 0 bridgehead atoms. The number of rotatable bonds is 1. The summed E-state index contributed by atoms with van der Waals surface area (Å²) in [6.45, 7) is 0. The van der Waals surface area contributed by atoms with Crippen LogP contribution >= 0.6 is 17.0 Å². The van der Waals surface area contributed by atoms with E-state index in [0.29, 0.717) is 11.8 Å². The van der Waals surface area contributed by atoms with E-state index in [1.54, 1.807) is 0 Å². The Bertz CT molecular complexity index is 1320. The molecule has 0 unspecified atom stereocenters. The Labute approximate surface area is 337 Å². The van der Waals surface area contributed by atoms with Crippen molar-refractivity contribution in [1.29, 1.82) is 0 Å². The van der Waals surface area contributed by atoms with Gasteiger partial charge in [-0.05, 0) is 44.5 Å². The molecule has 6 heteroatoms. The zero-order chi connectivity index (χ0) is 26.9. The smallest absolute Gasteiger partial charge is 0.0619 e. The van der Waals surface area contributed by atoms with Crippen LogP contribution in [-0.4, -0.2) is 0 Å². The van der Waals surface area contributed by atoms with Gasteiger partial charge in [0.2, 0.25) is 0 Å². The van der Waals surface area contributed by atoms with Gasteiger partial charge in [0.15, 0.2) is 0 Å². The van der Waals surface area contributed by atoms with Crippen molar-refractivity contribution in [3.8, 4) is 22.3 Å². The minimum absolute atomic E-state index is 0. The van der Waals surface area contributed by atoms with Crippen molar-refractivity contribution in [2.45, 2.75) is 24.7 Å². The van der Waals surface area contributed by atoms with E-state index >= 15 is 0 Å². The third-order valence-corrected chi connectivity index (χ3v) is 7.27. The van der Waals surface area contributed by atoms with E-state index in [-0.39, 0.29) is 88.2 Å². The second-order valence-electron chi connectivity index (χ2n) is 9.38. The summed E-state index contributed by atoms with van der Waals surface area (Å²) in [5.41, 5.74) is 11.4. The predicted octanol–water partition coefficient (Wildman–Crippen LogP) is 6.86. The van der Waals surface area contributed by atoms with E-state index in [9.17, 15) is 0 Å². The average molecular weight is 860 g/mol. The first-order valence-corrected chi connectivity index (χ1v) is 19.4. The molecule has 4 aromatic rings. The maximum atomic E-state index is 4.93. The normalized spacial score (nSPS) is 12.1. The van der Waals surface area contributed by atoms with E-state index in [0.717, 1.165) is 12.8 Å². The molecule has 0 saturated heterocycles. The van der Waals surface area contributed by atoms with Crippen molar-refractivity contribution in [3.63, 3.8) is 0 Å². The largest absolute Gasteiger partial charge is 2.00 e. The van der Waals surface area contributed by atoms with Crippen LogP contribution in [0.5, 0.6) is 0 Å². The van der Waals surface area contributed by atoms with E-state index in [1.165, 1.54) is 44.5 Å². The Balaban J connectivity index is -0.000000378. The Hall–Kier alpha value is -1.23. The SMILES string of the molecule is [C-]1=CC=CC1.[C-]1=CC=CC1.[CH3-].[CH3-].[CH3-].[CH3-].[CH3-].[Cl-].[Cl-].[Cl][Zr][Cl].[Zr+2].c1ccc2c(c1)-c1ccccc1C2C1c2ccccc2-c2ccccc21. The minimum Gasteiger partial charge on any atom is -0.0619 e. The van der Waals surface area contributed by atoms with Crippen molar-refractivity contribution in [2.75, 3.05) is 0 Å². The molecule has 8 rings (SSSR count). The molecule has 0 spiro atoms. The van der Waals surface area contributed by atoms with Crippen LogP contribution in [0.1, 0.15) is 46.9 Å². The monoisotopic (exact) mass is 855 g/mol. The molecule has 4 aliphatic rings. The molecule has 0 aromatic heterocycles. The van der Waals surface area contributed by atoms with Crippen LogP contribution in [0, 0.1) is 49.3 Å². The van der Waals surface area contributed by atoms with Crippen molar-refractivity contribution in [2.24, 2.45) is 0 Å². The van der Waals surface area contributed by atoms with Crippen LogP contribution in [-0.2, 0) is 47.1 Å². The van der Waals surface area contributed by atoms with Gasteiger partial charge in [-0.2, -0.15) is 12.2 Å². The number of allylic oxidation sites excluding steroid dienone is 8. The molecule has 250 valence electrons. The van der Waals surface area contributed by atoms with Gasteiger partial charge in [0.1, 0.15) is 0 Å². The molecule has 0 saturated carbocycles. The van der Waals surface area contributed by atoms with Crippen molar-refractivity contribution in [3.05, 3.63) is 205 Å². The second-order valence-corrected chi connectivity index (χ2v) is 13.1. The third-order valence-electron chi connectivity index (χ3n) is 7.27. The van der Waals surface area contributed by atoms with Gasteiger partial charge in [-0.3, -0.25) is 12.2 Å². The molecular weight excluding hydrogens is 817 g/mol. The molecule has 0 amide bonds. The van der Waals surface area contributed by atoms with Crippen LogP contribution in [0.3, 0.4) is 0 Å². The number of benzene rings is 4. The Morgan fingerprint density at radius 3 is 0.872 bits per heavy atom. The van der Waals surface area contributed by atoms with Gasteiger partial charge in [0.05, 0.1) is 0 Å². The van der Waals surface area contributed by atoms with E-state index in [1.807, 2.05) is 24.3 Å². The summed E-state index contributed by atoms with van der Waals surface area (Å²) < 4.78 is 0. The molecule has 0 radical (unpaired) electrons. The maximum Gasteiger partial charge on any atom is 2.00 e. The van der Waals surface area contributed by atoms with Gasteiger partial charge in [-0.1, -0.05) is 97.1 Å². The van der Waals surface area contributed by atoms with Crippen LogP contribution < -0.4 is 24.8 Å². The van der Waals surface area contributed by atoms with Crippen molar-refractivity contribution < 1.29 is 71.9 Å². The molecule has 0 nitrogen and oxygen atoms in total. The first kappa shape index (κ1) is 52.6. The molecule has 0 fully saturated rings. The molecule has 0 N–H and O–H groups in total. The molecule has 4 aliphatic carbocycles. The zero-order valence-corrected chi connectivity index (χ0v) is 35.7. The summed E-state index contributed by atoms with van der Waals surface area (Å²) >= 11 is -0.826. The van der Waals surface area contributed by atoms with Crippen LogP contribution in [0.15, 0.2) is 134 Å². The van der Waals surface area contributed by atoms with Crippen LogP contribution in [0.4, 0.5) is 0 Å². The van der Waals surface area contributed by atoms with Gasteiger partial charge in [0, 0.05) is 11.8 Å². The quantitative estimate of drug-likeness (QED) is 0.184. The second kappa shape index (κ2) is 27.6. The molecule has 4 aromatic carbocycles. The van der Waals surface area contributed by atoms with Crippen molar-refractivity contribution >= 4 is 17.0 Å².